The summed E-state index contributed by atoms with van der Waals surface area (Å²) in [6, 6.07) is 6.90. The van der Waals surface area contributed by atoms with E-state index in [2.05, 4.69) is 0 Å². The summed E-state index contributed by atoms with van der Waals surface area (Å²) in [4.78, 5) is 13.4. The van der Waals surface area contributed by atoms with E-state index in [-0.39, 0.29) is 11.6 Å². The van der Waals surface area contributed by atoms with Crippen molar-refractivity contribution in [2.75, 3.05) is 19.3 Å². The lowest BCUT2D eigenvalue weighted by atomic mass is 10.1. The molecule has 5 heteroatoms. The third kappa shape index (κ3) is 2.65. The maximum Gasteiger partial charge on any atom is 0.255 e. The number of benzene rings is 1. The van der Waals surface area contributed by atoms with Gasteiger partial charge in [-0.3, -0.25) is 4.79 Å². The second-order valence-corrected chi connectivity index (χ2v) is 3.74. The smallest absolute Gasteiger partial charge is 0.255 e. The molecule has 1 rings (SSSR count). The monoisotopic (exact) mass is 237 g/mol. The normalized spacial score (nSPS) is 9.56. The number of halogens is 1. The fraction of sp³-hybridized carbons (Fsp3) is 0.273. The summed E-state index contributed by atoms with van der Waals surface area (Å²) in [5, 5.41) is 8.79. The molecule has 16 heavy (non-hydrogen) atoms. The Kier molecular flexibility index (Phi) is 4.15. The maximum atomic E-state index is 11.9. The number of nitrogens with zero attached hydrogens (tertiary/aromatic N) is 2. The zero-order valence-electron chi connectivity index (χ0n) is 8.90. The largest absolute Gasteiger partial charge is 0.397 e. The summed E-state index contributed by atoms with van der Waals surface area (Å²) >= 11 is 5.82. The molecule has 0 aliphatic heterocycles. The van der Waals surface area contributed by atoms with E-state index >= 15 is 0 Å². The molecule has 84 valence electrons. The first kappa shape index (κ1) is 12.3. The first-order chi connectivity index (χ1) is 7.57. The van der Waals surface area contributed by atoms with Gasteiger partial charge < -0.3 is 10.6 Å². The summed E-state index contributed by atoms with van der Waals surface area (Å²) in [6.07, 6.45) is 0.294. The van der Waals surface area contributed by atoms with Crippen LogP contribution in [-0.2, 0) is 0 Å². The van der Waals surface area contributed by atoms with E-state index in [1.54, 1.807) is 25.2 Å². The van der Waals surface area contributed by atoms with Gasteiger partial charge in [-0.05, 0) is 12.1 Å². The van der Waals surface area contributed by atoms with Crippen LogP contribution in [0.15, 0.2) is 18.2 Å². The molecule has 0 aliphatic rings. The van der Waals surface area contributed by atoms with Crippen LogP contribution >= 0.6 is 11.6 Å². The molecule has 4 nitrogen and oxygen atoms in total. The van der Waals surface area contributed by atoms with Gasteiger partial charge in [0, 0.05) is 13.6 Å². The average molecular weight is 238 g/mol. The molecule has 0 aromatic heterocycles. The van der Waals surface area contributed by atoms with E-state index in [9.17, 15) is 4.79 Å². The number of carbonyl (C=O) groups excluding carboxylic acids is 1. The van der Waals surface area contributed by atoms with Gasteiger partial charge in [0.15, 0.2) is 0 Å². The van der Waals surface area contributed by atoms with Crippen LogP contribution < -0.4 is 5.73 Å². The molecule has 0 saturated heterocycles. The number of nitriles is 1. The van der Waals surface area contributed by atoms with Gasteiger partial charge in [-0.25, -0.2) is 0 Å². The number of carbonyl (C=O) groups is 1. The predicted octanol–water partition coefficient (Wildman–Crippen LogP) is 1.91. The second kappa shape index (κ2) is 5.38. The minimum absolute atomic E-state index is 0.227. The Balaban J connectivity index is 2.89. The molecule has 0 spiro atoms. The van der Waals surface area contributed by atoms with Gasteiger partial charge in [0.1, 0.15) is 0 Å². The van der Waals surface area contributed by atoms with Gasteiger partial charge in [0.2, 0.25) is 0 Å². The minimum Gasteiger partial charge on any atom is -0.397 e. The van der Waals surface area contributed by atoms with Gasteiger partial charge in [0.25, 0.3) is 5.91 Å². The van der Waals surface area contributed by atoms with Gasteiger partial charge in [0.05, 0.1) is 28.8 Å². The van der Waals surface area contributed by atoms with Crippen LogP contribution in [-0.4, -0.2) is 24.4 Å². The summed E-state index contributed by atoms with van der Waals surface area (Å²) < 4.78 is 0. The van der Waals surface area contributed by atoms with Crippen molar-refractivity contribution in [2.24, 2.45) is 0 Å². The molecule has 0 heterocycles. The highest BCUT2D eigenvalue weighted by atomic mass is 35.5. The first-order valence-corrected chi connectivity index (χ1v) is 5.12. The maximum absolute atomic E-state index is 11.9. The quantitative estimate of drug-likeness (QED) is 0.817. The molecule has 0 bridgehead atoms. The van der Waals surface area contributed by atoms with Crippen molar-refractivity contribution in [2.45, 2.75) is 6.42 Å². The van der Waals surface area contributed by atoms with Crippen molar-refractivity contribution < 1.29 is 4.79 Å². The average Bonchev–Trinajstić information content (AvgIpc) is 2.28. The summed E-state index contributed by atoms with van der Waals surface area (Å²) in [5.41, 5.74) is 6.35. The molecular weight excluding hydrogens is 226 g/mol. The number of rotatable bonds is 3. The molecule has 1 aromatic carbocycles. The zero-order valence-corrected chi connectivity index (χ0v) is 9.66. The number of nitrogens with two attached hydrogens (primary N) is 1. The van der Waals surface area contributed by atoms with E-state index in [4.69, 9.17) is 22.6 Å². The van der Waals surface area contributed by atoms with Crippen molar-refractivity contribution in [1.82, 2.24) is 4.90 Å². The number of amides is 1. The van der Waals surface area contributed by atoms with E-state index in [0.29, 0.717) is 23.6 Å². The Labute approximate surface area is 99.2 Å². The van der Waals surface area contributed by atoms with Crippen molar-refractivity contribution in [3.63, 3.8) is 0 Å². The highest BCUT2D eigenvalue weighted by Crippen LogP contribution is 2.23. The Hall–Kier alpha value is -1.73. The third-order valence-corrected chi connectivity index (χ3v) is 2.52. The van der Waals surface area contributed by atoms with Crippen LogP contribution in [0.25, 0.3) is 0 Å². The second-order valence-electron chi connectivity index (χ2n) is 3.34. The molecule has 0 fully saturated rings. The van der Waals surface area contributed by atoms with Gasteiger partial charge in [-0.1, -0.05) is 17.7 Å². The molecular formula is C11H12ClN3O. The first-order valence-electron chi connectivity index (χ1n) is 4.74. The van der Waals surface area contributed by atoms with Crippen LogP contribution in [0.5, 0.6) is 0 Å². The standard InChI is InChI=1S/C11H12ClN3O/c1-15(7-3-6-13)11(16)8-4-2-5-9(12)10(8)14/h2,4-5H,3,7,14H2,1H3. The van der Waals surface area contributed by atoms with Crippen molar-refractivity contribution in [3.05, 3.63) is 28.8 Å². The SMILES string of the molecule is CN(CCC#N)C(=O)c1cccc(Cl)c1N. The number of hydrogen-bond donors (Lipinski definition) is 1. The molecule has 0 aliphatic carbocycles. The number of hydrogen-bond acceptors (Lipinski definition) is 3. The Bertz CT molecular complexity index is 439. The summed E-state index contributed by atoms with van der Waals surface area (Å²) in [7, 11) is 1.63. The van der Waals surface area contributed by atoms with Crippen molar-refractivity contribution in [1.29, 1.82) is 5.26 Å². The zero-order chi connectivity index (χ0) is 12.1. The van der Waals surface area contributed by atoms with E-state index in [1.807, 2.05) is 6.07 Å². The topological polar surface area (TPSA) is 70.1 Å². The summed E-state index contributed by atoms with van der Waals surface area (Å²) in [5.74, 6) is -0.227. The van der Waals surface area contributed by atoms with Gasteiger partial charge >= 0.3 is 0 Å². The summed E-state index contributed by atoms with van der Waals surface area (Å²) in [6.45, 7) is 0.376. The lowest BCUT2D eigenvalue weighted by molar-refractivity contribution is 0.0799. The van der Waals surface area contributed by atoms with Gasteiger partial charge in [-0.2, -0.15) is 5.26 Å². The van der Waals surface area contributed by atoms with Gasteiger partial charge in [-0.15, -0.1) is 0 Å². The van der Waals surface area contributed by atoms with Crippen LogP contribution in [0, 0.1) is 11.3 Å². The van der Waals surface area contributed by atoms with Crippen LogP contribution in [0.3, 0.4) is 0 Å². The highest BCUT2D eigenvalue weighted by Gasteiger charge is 2.15. The molecule has 0 atom stereocenters. The Morgan fingerprint density at radius 1 is 1.62 bits per heavy atom. The number of anilines is 1. The predicted molar refractivity (Wildman–Crippen MR) is 63.1 cm³/mol. The molecule has 0 unspecified atom stereocenters. The third-order valence-electron chi connectivity index (χ3n) is 2.19. The fourth-order valence-corrected chi connectivity index (χ4v) is 1.42. The molecule has 2 N–H and O–H groups in total. The number of nitrogen functional groups attached to an aromatic ring is 1. The van der Waals surface area contributed by atoms with Crippen LogP contribution in [0.4, 0.5) is 5.69 Å². The van der Waals surface area contributed by atoms with E-state index in [0.717, 1.165) is 0 Å². The van der Waals surface area contributed by atoms with Crippen LogP contribution in [0.1, 0.15) is 16.8 Å². The lowest BCUT2D eigenvalue weighted by Gasteiger charge is -2.16. The van der Waals surface area contributed by atoms with E-state index < -0.39 is 0 Å². The molecule has 1 aromatic rings. The minimum atomic E-state index is -0.227. The lowest BCUT2D eigenvalue weighted by Crippen LogP contribution is -2.28. The Morgan fingerprint density at radius 3 is 2.94 bits per heavy atom. The van der Waals surface area contributed by atoms with Crippen molar-refractivity contribution in [3.8, 4) is 6.07 Å². The molecule has 0 radical (unpaired) electrons. The van der Waals surface area contributed by atoms with Crippen molar-refractivity contribution >= 4 is 23.2 Å². The van der Waals surface area contributed by atoms with Crippen LogP contribution in [0.2, 0.25) is 5.02 Å². The highest BCUT2D eigenvalue weighted by molar-refractivity contribution is 6.33. The Morgan fingerprint density at radius 2 is 2.31 bits per heavy atom. The molecule has 1 amide bonds. The number of para-hydroxylation sites is 1. The van der Waals surface area contributed by atoms with E-state index in [1.165, 1.54) is 4.90 Å². The molecule has 0 saturated carbocycles. The fourth-order valence-electron chi connectivity index (χ4n) is 1.25.